The van der Waals surface area contributed by atoms with Crippen LogP contribution in [0.15, 0.2) is 28.7 Å². The molecule has 7 heteroatoms. The number of hydrogen-bond acceptors (Lipinski definition) is 4. The quantitative estimate of drug-likeness (QED) is 0.516. The number of nitrogens with two attached hydrogens (primary N) is 1. The number of ether oxygens (including phenoxy) is 1. The van der Waals surface area contributed by atoms with Crippen molar-refractivity contribution >= 4 is 17.5 Å². The van der Waals surface area contributed by atoms with E-state index in [-0.39, 0.29) is 11.6 Å². The number of nitrogens with one attached hydrogen (secondary N) is 1. The average molecular weight is 299 g/mol. The lowest BCUT2D eigenvalue weighted by Crippen LogP contribution is -2.30. The Morgan fingerprint density at radius 1 is 1.50 bits per heavy atom. The molecule has 0 aliphatic heterocycles. The summed E-state index contributed by atoms with van der Waals surface area (Å²) in [5.41, 5.74) is 2.35. The van der Waals surface area contributed by atoms with Crippen molar-refractivity contribution in [1.82, 2.24) is 5.43 Å². The van der Waals surface area contributed by atoms with Crippen LogP contribution in [-0.4, -0.2) is 5.91 Å². The maximum absolute atomic E-state index is 13.2. The van der Waals surface area contributed by atoms with Gasteiger partial charge in [0.15, 0.2) is 0 Å². The summed E-state index contributed by atoms with van der Waals surface area (Å²) in [5, 5.41) is 0.0214. The molecule has 1 amide bonds. The van der Waals surface area contributed by atoms with Crippen molar-refractivity contribution in [3.63, 3.8) is 0 Å². The molecule has 0 atom stereocenters. The lowest BCUT2D eigenvalue weighted by molar-refractivity contribution is 0.0952. The number of amides is 1. The zero-order valence-corrected chi connectivity index (χ0v) is 11.3. The van der Waals surface area contributed by atoms with Crippen molar-refractivity contribution in [3.05, 3.63) is 52.2 Å². The normalized spacial score (nSPS) is 10.4. The van der Waals surface area contributed by atoms with E-state index in [4.69, 9.17) is 26.6 Å². The molecule has 0 aliphatic rings. The minimum absolute atomic E-state index is 0.0214. The largest absolute Gasteiger partial charge is 0.486 e. The smallest absolute Gasteiger partial charge is 0.268 e. The highest BCUT2D eigenvalue weighted by atomic mass is 35.5. The maximum atomic E-state index is 13.2. The summed E-state index contributed by atoms with van der Waals surface area (Å²) in [7, 11) is 0. The zero-order chi connectivity index (χ0) is 14.7. The molecule has 5 nitrogen and oxygen atoms in total. The molecule has 0 bridgehead atoms. The summed E-state index contributed by atoms with van der Waals surface area (Å²) < 4.78 is 23.9. The van der Waals surface area contributed by atoms with Crippen LogP contribution in [0.1, 0.15) is 21.9 Å². The number of hydrazine groups is 1. The molecule has 2 rings (SSSR count). The first-order chi connectivity index (χ1) is 9.51. The second kappa shape index (κ2) is 5.94. The molecule has 0 unspecified atom stereocenters. The van der Waals surface area contributed by atoms with Gasteiger partial charge in [-0.1, -0.05) is 11.6 Å². The fourth-order valence-electron chi connectivity index (χ4n) is 1.64. The number of nitrogen functional groups attached to an aromatic ring is 1. The molecule has 0 saturated heterocycles. The Bertz CT molecular complexity index is 643. The molecule has 3 N–H and O–H groups in total. The van der Waals surface area contributed by atoms with Gasteiger partial charge in [-0.3, -0.25) is 10.2 Å². The van der Waals surface area contributed by atoms with Crippen LogP contribution in [0, 0.1) is 12.7 Å². The molecule has 2 aromatic rings. The molecule has 1 aromatic heterocycles. The van der Waals surface area contributed by atoms with Crippen molar-refractivity contribution in [2.75, 3.05) is 0 Å². The maximum Gasteiger partial charge on any atom is 0.268 e. The van der Waals surface area contributed by atoms with Gasteiger partial charge in [0, 0.05) is 6.07 Å². The summed E-state index contributed by atoms with van der Waals surface area (Å²) in [6, 6.07) is 5.62. The van der Waals surface area contributed by atoms with Gasteiger partial charge in [0.25, 0.3) is 5.91 Å². The average Bonchev–Trinajstić information content (AvgIpc) is 2.80. The van der Waals surface area contributed by atoms with Gasteiger partial charge < -0.3 is 9.15 Å². The van der Waals surface area contributed by atoms with Crippen molar-refractivity contribution in [2.24, 2.45) is 5.84 Å². The van der Waals surface area contributed by atoms with E-state index in [1.54, 1.807) is 6.92 Å². The predicted molar refractivity (Wildman–Crippen MR) is 70.8 cm³/mol. The Morgan fingerprint density at radius 3 is 2.90 bits per heavy atom. The molecule has 0 saturated carbocycles. The van der Waals surface area contributed by atoms with Crippen LogP contribution in [-0.2, 0) is 6.61 Å². The van der Waals surface area contributed by atoms with Gasteiger partial charge in [0.05, 0.1) is 10.6 Å². The number of rotatable bonds is 4. The highest BCUT2D eigenvalue weighted by molar-refractivity contribution is 6.30. The van der Waals surface area contributed by atoms with Crippen molar-refractivity contribution in [3.8, 4) is 5.75 Å². The van der Waals surface area contributed by atoms with Crippen LogP contribution < -0.4 is 16.0 Å². The van der Waals surface area contributed by atoms with Crippen molar-refractivity contribution in [2.45, 2.75) is 13.5 Å². The first kappa shape index (κ1) is 14.4. The van der Waals surface area contributed by atoms with Gasteiger partial charge >= 0.3 is 0 Å². The third kappa shape index (κ3) is 3.09. The van der Waals surface area contributed by atoms with E-state index < -0.39 is 11.7 Å². The number of aryl methyl sites for hydroxylation is 1. The Balaban J connectivity index is 2.07. The van der Waals surface area contributed by atoms with Crippen LogP contribution in [0.3, 0.4) is 0 Å². The lowest BCUT2D eigenvalue weighted by Gasteiger charge is -2.04. The number of furan rings is 1. The monoisotopic (exact) mass is 298 g/mol. The topological polar surface area (TPSA) is 77.5 Å². The summed E-state index contributed by atoms with van der Waals surface area (Å²) in [4.78, 5) is 11.4. The molecule has 1 aromatic carbocycles. The standard InChI is InChI=1S/C13H12ClFN2O3/c1-7-10(13(18)17-16)4-9(20-7)6-19-8-2-3-11(14)12(15)5-8/h2-5H,6,16H2,1H3,(H,17,18). The van der Waals surface area contributed by atoms with E-state index in [0.717, 1.165) is 0 Å². The minimum atomic E-state index is -0.567. The van der Waals surface area contributed by atoms with Crippen LogP contribution >= 0.6 is 11.6 Å². The number of carbonyl (C=O) groups excluding carboxylic acids is 1. The molecular formula is C13H12ClFN2O3. The molecule has 20 heavy (non-hydrogen) atoms. The van der Waals surface area contributed by atoms with Gasteiger partial charge in [-0.25, -0.2) is 10.2 Å². The van der Waals surface area contributed by atoms with Crippen LogP contribution in [0.25, 0.3) is 0 Å². The molecular weight excluding hydrogens is 287 g/mol. The molecule has 0 aliphatic carbocycles. The highest BCUT2D eigenvalue weighted by Gasteiger charge is 2.14. The fraction of sp³-hybridized carbons (Fsp3) is 0.154. The Morgan fingerprint density at radius 2 is 2.25 bits per heavy atom. The van der Waals surface area contributed by atoms with E-state index in [0.29, 0.717) is 22.8 Å². The Labute approximate surface area is 119 Å². The lowest BCUT2D eigenvalue weighted by atomic mass is 10.2. The Kier molecular flexibility index (Phi) is 4.26. The molecule has 106 valence electrons. The first-order valence-corrected chi connectivity index (χ1v) is 6.07. The first-order valence-electron chi connectivity index (χ1n) is 5.69. The van der Waals surface area contributed by atoms with Gasteiger partial charge in [-0.05, 0) is 25.1 Å². The van der Waals surface area contributed by atoms with Crippen LogP contribution in [0.4, 0.5) is 4.39 Å². The van der Waals surface area contributed by atoms with Gasteiger partial charge in [-0.2, -0.15) is 0 Å². The second-order valence-corrected chi connectivity index (χ2v) is 4.43. The third-order valence-corrected chi connectivity index (χ3v) is 2.92. The summed E-state index contributed by atoms with van der Waals surface area (Å²) in [6.07, 6.45) is 0. The van der Waals surface area contributed by atoms with Gasteiger partial charge in [0.2, 0.25) is 0 Å². The predicted octanol–water partition coefficient (Wildman–Crippen LogP) is 2.56. The summed E-state index contributed by atoms with van der Waals surface area (Å²) >= 11 is 5.57. The van der Waals surface area contributed by atoms with E-state index in [1.165, 1.54) is 24.3 Å². The number of carbonyl (C=O) groups is 1. The summed E-state index contributed by atoms with van der Waals surface area (Å²) in [6.45, 7) is 1.69. The number of halogens is 2. The molecule has 1 heterocycles. The van der Waals surface area contributed by atoms with Crippen LogP contribution in [0.2, 0.25) is 5.02 Å². The Hall–Kier alpha value is -2.05. The highest BCUT2D eigenvalue weighted by Crippen LogP contribution is 2.22. The van der Waals surface area contributed by atoms with Crippen molar-refractivity contribution in [1.29, 1.82) is 0 Å². The number of hydrogen-bond donors (Lipinski definition) is 2. The SMILES string of the molecule is Cc1oc(COc2ccc(Cl)c(F)c2)cc1C(=O)NN. The van der Waals surface area contributed by atoms with E-state index in [2.05, 4.69) is 0 Å². The van der Waals surface area contributed by atoms with E-state index >= 15 is 0 Å². The minimum Gasteiger partial charge on any atom is -0.486 e. The van der Waals surface area contributed by atoms with E-state index in [1.807, 2.05) is 5.43 Å². The third-order valence-electron chi connectivity index (χ3n) is 2.62. The van der Waals surface area contributed by atoms with E-state index in [9.17, 15) is 9.18 Å². The van der Waals surface area contributed by atoms with Crippen molar-refractivity contribution < 1.29 is 18.3 Å². The number of benzene rings is 1. The molecule has 0 fully saturated rings. The molecule has 0 spiro atoms. The van der Waals surface area contributed by atoms with Crippen LogP contribution in [0.5, 0.6) is 5.75 Å². The second-order valence-electron chi connectivity index (χ2n) is 4.02. The zero-order valence-electron chi connectivity index (χ0n) is 10.6. The fourth-order valence-corrected chi connectivity index (χ4v) is 1.76. The van der Waals surface area contributed by atoms with Gasteiger partial charge in [0.1, 0.15) is 29.7 Å². The van der Waals surface area contributed by atoms with Gasteiger partial charge in [-0.15, -0.1) is 0 Å². The molecule has 0 radical (unpaired) electrons. The summed E-state index contributed by atoms with van der Waals surface area (Å²) in [5.74, 6) is 5.20.